The van der Waals surface area contributed by atoms with E-state index in [0.717, 1.165) is 6.92 Å². The fourth-order valence-corrected chi connectivity index (χ4v) is 9.46. The van der Waals surface area contributed by atoms with E-state index in [4.69, 9.17) is 32.8 Å². The summed E-state index contributed by atoms with van der Waals surface area (Å²) in [6.45, 7) is 12.1. The standard InChI is InChI=1S/C42H53NO15/c1-21-25(56-36(49)30(46)29(24-16-13-17-53-24)43-37(50)58-38(3,4)5)19-42(51)34(57-35(48)23-14-11-10-12-15-23)32-40(8,26(45)18-27-41(32,52-9)20-54-27)33(47)31(55-22(2)44)28(21)39(42,6)7/h10-17,25-27,29-32,34,45-46,51H,18-20H2,1-9H3,(H,43,50)/t25-,26-,27+,29-,30+,31+,32?,34?,40+,41-,42+/m0/s1. The summed E-state index contributed by atoms with van der Waals surface area (Å²) in [4.78, 5) is 69.3. The summed E-state index contributed by atoms with van der Waals surface area (Å²) in [7, 11) is 1.40. The van der Waals surface area contributed by atoms with E-state index in [0.29, 0.717) is 0 Å². The number of ether oxygens (including phenoxy) is 6. The van der Waals surface area contributed by atoms with E-state index in [2.05, 4.69) is 5.32 Å². The van der Waals surface area contributed by atoms with Gasteiger partial charge in [-0.2, -0.15) is 0 Å². The molecule has 11 atom stereocenters. The van der Waals surface area contributed by atoms with Crippen LogP contribution in [0.4, 0.5) is 4.79 Å². The van der Waals surface area contributed by atoms with Gasteiger partial charge in [0.25, 0.3) is 0 Å². The minimum absolute atomic E-state index is 0.00960. The molecule has 1 aromatic heterocycles. The SMILES string of the molecule is CO[C@@]12CO[C@@H]1C[C@H](O)[C@@]1(C)C(=O)[C@H](OC(C)=O)C3=C(C)[C@@H](OC(=O)[C@H](O)[C@@H](NC(=O)OC(C)(C)C)c4ccco4)C[C@@](O)(C(OC(=O)c4ccccc4)C12)C3(C)C. The molecular weight excluding hydrogens is 758 g/mol. The second kappa shape index (κ2) is 15.2. The number of rotatable bonds is 9. The van der Waals surface area contributed by atoms with Crippen molar-refractivity contribution >= 4 is 29.8 Å². The monoisotopic (exact) mass is 811 g/mol. The van der Waals surface area contributed by atoms with Crippen molar-refractivity contribution in [2.24, 2.45) is 16.7 Å². The molecule has 3 aliphatic carbocycles. The van der Waals surface area contributed by atoms with Gasteiger partial charge >= 0.3 is 24.0 Å². The Bertz CT molecular complexity index is 1950. The van der Waals surface area contributed by atoms with Crippen LogP contribution >= 0.6 is 0 Å². The van der Waals surface area contributed by atoms with Gasteiger partial charge in [-0.15, -0.1) is 0 Å². The van der Waals surface area contributed by atoms with Crippen molar-refractivity contribution in [2.75, 3.05) is 13.7 Å². The average molecular weight is 812 g/mol. The Morgan fingerprint density at radius 2 is 1.67 bits per heavy atom. The van der Waals surface area contributed by atoms with Crippen LogP contribution in [-0.4, -0.2) is 112 Å². The lowest BCUT2D eigenvalue weighted by Crippen LogP contribution is -2.81. The second-order valence-corrected chi connectivity index (χ2v) is 17.4. The molecule has 16 heteroatoms. The lowest BCUT2D eigenvalue weighted by Gasteiger charge is -2.67. The highest BCUT2D eigenvalue weighted by Crippen LogP contribution is 2.64. The smallest absolute Gasteiger partial charge is 0.408 e. The molecule has 0 spiro atoms. The Balaban J connectivity index is 1.51. The Morgan fingerprint density at radius 3 is 2.22 bits per heavy atom. The summed E-state index contributed by atoms with van der Waals surface area (Å²) >= 11 is 0. The molecule has 0 radical (unpaired) electrons. The van der Waals surface area contributed by atoms with Crippen molar-refractivity contribution in [3.63, 3.8) is 0 Å². The summed E-state index contributed by atoms with van der Waals surface area (Å²) < 4.78 is 41.1. The first-order valence-corrected chi connectivity index (χ1v) is 19.2. The summed E-state index contributed by atoms with van der Waals surface area (Å²) in [5.41, 5.74) is -7.76. The molecule has 4 N–H and O–H groups in total. The van der Waals surface area contributed by atoms with Gasteiger partial charge in [0, 0.05) is 38.2 Å². The topological polar surface area (TPSA) is 227 Å². The van der Waals surface area contributed by atoms with Crippen molar-refractivity contribution in [1.82, 2.24) is 5.32 Å². The van der Waals surface area contributed by atoms with Crippen LogP contribution in [0.3, 0.4) is 0 Å². The van der Waals surface area contributed by atoms with E-state index < -0.39 is 112 Å². The molecule has 1 amide bonds. The first kappa shape index (κ1) is 43.0. The van der Waals surface area contributed by atoms with Gasteiger partial charge in [-0.25, -0.2) is 14.4 Å². The fraction of sp³-hybridized carbons (Fsp3) is 0.595. The molecule has 1 aliphatic heterocycles. The summed E-state index contributed by atoms with van der Waals surface area (Å²) in [5, 5.41) is 39.5. The highest BCUT2D eigenvalue weighted by Gasteiger charge is 2.77. The van der Waals surface area contributed by atoms with Crippen LogP contribution in [0.2, 0.25) is 0 Å². The number of aliphatic hydroxyl groups is 3. The third kappa shape index (κ3) is 7.01. The molecule has 1 aromatic carbocycles. The fourth-order valence-electron chi connectivity index (χ4n) is 9.46. The number of benzene rings is 1. The molecule has 3 fully saturated rings. The Morgan fingerprint density at radius 1 is 1.00 bits per heavy atom. The maximum absolute atomic E-state index is 15.3. The number of carbonyl (C=O) groups is 5. The highest BCUT2D eigenvalue weighted by atomic mass is 16.6. The van der Waals surface area contributed by atoms with Crippen molar-refractivity contribution in [3.05, 3.63) is 71.2 Å². The Kier molecular flexibility index (Phi) is 11.3. The summed E-state index contributed by atoms with van der Waals surface area (Å²) in [6.07, 6.45) is -9.48. The number of amides is 1. The molecule has 2 aromatic rings. The van der Waals surface area contributed by atoms with Gasteiger partial charge in [-0.05, 0) is 70.0 Å². The minimum atomic E-state index is -2.29. The molecule has 2 unspecified atom stereocenters. The highest BCUT2D eigenvalue weighted by molar-refractivity contribution is 5.95. The number of alkyl carbamates (subject to hydrolysis) is 1. The van der Waals surface area contributed by atoms with Gasteiger partial charge in [-0.1, -0.05) is 32.0 Å². The van der Waals surface area contributed by atoms with Crippen molar-refractivity contribution < 1.29 is 72.1 Å². The van der Waals surface area contributed by atoms with Crippen LogP contribution in [0.15, 0.2) is 64.3 Å². The van der Waals surface area contributed by atoms with Gasteiger partial charge in [0.15, 0.2) is 18.0 Å². The quantitative estimate of drug-likeness (QED) is 0.162. The first-order valence-electron chi connectivity index (χ1n) is 19.2. The molecule has 1 saturated heterocycles. The van der Waals surface area contributed by atoms with Crippen molar-refractivity contribution in [3.8, 4) is 0 Å². The number of hydrogen-bond acceptors (Lipinski definition) is 15. The largest absolute Gasteiger partial charge is 0.467 e. The number of furan rings is 1. The molecule has 2 bridgehead atoms. The van der Waals surface area contributed by atoms with Crippen LogP contribution in [0, 0.1) is 16.7 Å². The zero-order valence-corrected chi connectivity index (χ0v) is 34.1. The summed E-state index contributed by atoms with van der Waals surface area (Å²) in [5.74, 6) is -5.10. The predicted molar refractivity (Wildman–Crippen MR) is 201 cm³/mol. The van der Waals surface area contributed by atoms with Gasteiger partial charge < -0.3 is 53.5 Å². The van der Waals surface area contributed by atoms with Gasteiger partial charge in [0.1, 0.15) is 40.8 Å². The molecule has 2 heterocycles. The molecule has 2 saturated carbocycles. The molecule has 4 aliphatic rings. The number of carbonyl (C=O) groups excluding carboxylic acids is 5. The number of hydrogen-bond donors (Lipinski definition) is 4. The van der Waals surface area contributed by atoms with E-state index >= 15 is 4.79 Å². The summed E-state index contributed by atoms with van der Waals surface area (Å²) in [6, 6.07) is 9.40. The number of Topliss-reactive ketones (excluding diaryl/α,β-unsaturated/α-hetero) is 1. The third-order valence-electron chi connectivity index (χ3n) is 12.6. The molecular formula is C42H53NO15. The van der Waals surface area contributed by atoms with E-state index in [1.807, 2.05) is 0 Å². The van der Waals surface area contributed by atoms with Crippen molar-refractivity contribution in [1.29, 1.82) is 0 Å². The van der Waals surface area contributed by atoms with Crippen molar-refractivity contribution in [2.45, 2.75) is 128 Å². The first-order chi connectivity index (χ1) is 27.0. The Labute approximate surface area is 336 Å². The zero-order chi connectivity index (χ0) is 42.7. The molecule has 16 nitrogen and oxygen atoms in total. The van der Waals surface area contributed by atoms with Crippen LogP contribution in [0.5, 0.6) is 0 Å². The van der Waals surface area contributed by atoms with Gasteiger partial charge in [0.05, 0.1) is 36.1 Å². The molecule has 6 rings (SSSR count). The second-order valence-electron chi connectivity index (χ2n) is 17.4. The van der Waals surface area contributed by atoms with Gasteiger partial charge in [0.2, 0.25) is 0 Å². The van der Waals surface area contributed by atoms with Crippen LogP contribution in [0.25, 0.3) is 0 Å². The Hall–Kier alpha value is -4.61. The van der Waals surface area contributed by atoms with E-state index in [1.165, 1.54) is 51.5 Å². The lowest BCUT2D eigenvalue weighted by atomic mass is 9.44. The van der Waals surface area contributed by atoms with E-state index in [-0.39, 0.29) is 35.5 Å². The number of fused-ring (bicyclic) bond motifs is 5. The lowest BCUT2D eigenvalue weighted by molar-refractivity contribution is -0.350. The molecule has 58 heavy (non-hydrogen) atoms. The van der Waals surface area contributed by atoms with Crippen LogP contribution in [-0.2, 0) is 42.8 Å². The third-order valence-corrected chi connectivity index (χ3v) is 12.6. The minimum Gasteiger partial charge on any atom is -0.467 e. The predicted octanol–water partition coefficient (Wildman–Crippen LogP) is 3.51. The van der Waals surface area contributed by atoms with Crippen LogP contribution in [0.1, 0.15) is 90.4 Å². The van der Waals surface area contributed by atoms with E-state index in [1.54, 1.807) is 52.8 Å². The normalized spacial score (nSPS) is 33.8. The average Bonchev–Trinajstić information content (AvgIpc) is 3.68. The zero-order valence-electron chi connectivity index (χ0n) is 34.1. The number of methoxy groups -OCH3 is 1. The van der Waals surface area contributed by atoms with Crippen LogP contribution < -0.4 is 5.32 Å². The van der Waals surface area contributed by atoms with Gasteiger partial charge in [-0.3, -0.25) is 9.59 Å². The number of ketones is 1. The molecule has 316 valence electrons. The maximum atomic E-state index is 15.3. The number of aliphatic hydroxyl groups excluding tert-OH is 2. The number of esters is 3. The number of nitrogens with one attached hydrogen (secondary N) is 1. The van der Waals surface area contributed by atoms with E-state index in [9.17, 15) is 34.5 Å². The maximum Gasteiger partial charge on any atom is 0.408 e.